The van der Waals surface area contributed by atoms with Crippen molar-refractivity contribution in [2.24, 2.45) is 0 Å². The summed E-state index contributed by atoms with van der Waals surface area (Å²) in [5.41, 5.74) is 0.381. The van der Waals surface area contributed by atoms with Gasteiger partial charge in [-0.15, -0.1) is 0 Å². The lowest BCUT2D eigenvalue weighted by atomic mass is 9.97. The lowest BCUT2D eigenvalue weighted by Crippen LogP contribution is -2.18. The minimum atomic E-state index is -0.559. The summed E-state index contributed by atoms with van der Waals surface area (Å²) < 4.78 is 10.3. The second-order valence-electron chi connectivity index (χ2n) is 3.86. The van der Waals surface area contributed by atoms with Crippen molar-refractivity contribution in [3.8, 4) is 0 Å². The van der Waals surface area contributed by atoms with E-state index in [4.69, 9.17) is 21.1 Å². The minimum absolute atomic E-state index is 0.306. The second-order valence-corrected chi connectivity index (χ2v) is 4.30. The molecule has 1 saturated heterocycles. The fourth-order valence-corrected chi connectivity index (χ4v) is 1.83. The third kappa shape index (κ3) is 1.93. The summed E-state index contributed by atoms with van der Waals surface area (Å²) in [4.78, 5) is 11.5. The lowest BCUT2D eigenvalue weighted by Gasteiger charge is -2.06. The van der Waals surface area contributed by atoms with Gasteiger partial charge in [0.25, 0.3) is 0 Å². The standard InChI is InChI=1S/C12H13ClO3/c1-3-15-11(14)10-12(2,16-10)8-4-6-9(13)7-5-8/h4-7,10H,3H2,1-2H3/t10-,12-/m1/s1. The molecule has 1 aliphatic rings. The Bertz CT molecular complexity index is 401. The molecule has 1 fully saturated rings. The lowest BCUT2D eigenvalue weighted by molar-refractivity contribution is -0.144. The Hall–Kier alpha value is -1.06. The van der Waals surface area contributed by atoms with E-state index >= 15 is 0 Å². The zero-order valence-corrected chi connectivity index (χ0v) is 9.95. The second kappa shape index (κ2) is 4.07. The molecule has 0 saturated carbocycles. The fourth-order valence-electron chi connectivity index (χ4n) is 1.70. The van der Waals surface area contributed by atoms with Crippen molar-refractivity contribution in [1.29, 1.82) is 0 Å². The van der Waals surface area contributed by atoms with Crippen molar-refractivity contribution in [2.75, 3.05) is 6.61 Å². The highest BCUT2D eigenvalue weighted by molar-refractivity contribution is 6.30. The van der Waals surface area contributed by atoms with Crippen molar-refractivity contribution < 1.29 is 14.3 Å². The molecule has 1 aromatic carbocycles. The Kier molecular flexibility index (Phi) is 2.91. The van der Waals surface area contributed by atoms with E-state index in [0.29, 0.717) is 11.6 Å². The highest BCUT2D eigenvalue weighted by atomic mass is 35.5. The summed E-state index contributed by atoms with van der Waals surface area (Å²) in [7, 11) is 0. The fraction of sp³-hybridized carbons (Fsp3) is 0.417. The maximum atomic E-state index is 11.5. The molecular formula is C12H13ClO3. The monoisotopic (exact) mass is 240 g/mol. The predicted octanol–water partition coefficient (Wildman–Crippen LogP) is 2.52. The predicted molar refractivity (Wildman–Crippen MR) is 60.3 cm³/mol. The van der Waals surface area contributed by atoms with Crippen LogP contribution in [0.4, 0.5) is 0 Å². The molecule has 0 radical (unpaired) electrons. The highest BCUT2D eigenvalue weighted by Gasteiger charge is 2.59. The van der Waals surface area contributed by atoms with Crippen LogP contribution in [0.2, 0.25) is 5.02 Å². The molecule has 1 aliphatic heterocycles. The van der Waals surface area contributed by atoms with Gasteiger partial charge in [-0.3, -0.25) is 0 Å². The molecule has 0 N–H and O–H groups in total. The van der Waals surface area contributed by atoms with Crippen molar-refractivity contribution >= 4 is 17.6 Å². The van der Waals surface area contributed by atoms with Crippen molar-refractivity contribution in [3.05, 3.63) is 34.9 Å². The Labute approximate surface area is 99.3 Å². The van der Waals surface area contributed by atoms with Gasteiger partial charge in [-0.1, -0.05) is 23.7 Å². The van der Waals surface area contributed by atoms with E-state index in [-0.39, 0.29) is 5.97 Å². The van der Waals surface area contributed by atoms with Gasteiger partial charge in [0.15, 0.2) is 6.10 Å². The van der Waals surface area contributed by atoms with Crippen LogP contribution >= 0.6 is 11.6 Å². The van der Waals surface area contributed by atoms with Crippen molar-refractivity contribution in [2.45, 2.75) is 25.6 Å². The highest BCUT2D eigenvalue weighted by Crippen LogP contribution is 2.46. The number of carbonyl (C=O) groups excluding carboxylic acids is 1. The molecule has 16 heavy (non-hydrogen) atoms. The van der Waals surface area contributed by atoms with E-state index in [2.05, 4.69) is 0 Å². The van der Waals surface area contributed by atoms with Gasteiger partial charge in [0.2, 0.25) is 0 Å². The zero-order chi connectivity index (χ0) is 11.8. The molecule has 0 aromatic heterocycles. The van der Waals surface area contributed by atoms with Crippen LogP contribution in [0.3, 0.4) is 0 Å². The molecule has 0 bridgehead atoms. The summed E-state index contributed by atoms with van der Waals surface area (Å²) in [6, 6.07) is 7.29. The normalized spacial score (nSPS) is 27.6. The molecule has 0 unspecified atom stereocenters. The van der Waals surface area contributed by atoms with Crippen molar-refractivity contribution in [3.63, 3.8) is 0 Å². The van der Waals surface area contributed by atoms with E-state index < -0.39 is 11.7 Å². The number of ether oxygens (including phenoxy) is 2. The number of carbonyl (C=O) groups is 1. The molecule has 3 nitrogen and oxygen atoms in total. The molecule has 2 atom stereocenters. The first-order valence-electron chi connectivity index (χ1n) is 5.18. The summed E-state index contributed by atoms with van der Waals surface area (Å²) in [6.45, 7) is 4.02. The van der Waals surface area contributed by atoms with Crippen LogP contribution in [-0.2, 0) is 19.9 Å². The maximum absolute atomic E-state index is 11.5. The summed E-state index contributed by atoms with van der Waals surface area (Å²) >= 11 is 5.80. The molecule has 2 rings (SSSR count). The average Bonchev–Trinajstić information content (AvgIpc) is 2.93. The zero-order valence-electron chi connectivity index (χ0n) is 9.20. The van der Waals surface area contributed by atoms with Crippen LogP contribution < -0.4 is 0 Å². The molecule has 0 aliphatic carbocycles. The maximum Gasteiger partial charge on any atom is 0.338 e. The molecule has 0 spiro atoms. The van der Waals surface area contributed by atoms with Gasteiger partial charge in [-0.25, -0.2) is 4.79 Å². The van der Waals surface area contributed by atoms with E-state index in [9.17, 15) is 4.79 Å². The Balaban J connectivity index is 2.12. The van der Waals surface area contributed by atoms with E-state index in [1.165, 1.54) is 0 Å². The van der Waals surface area contributed by atoms with Crippen LogP contribution in [0.15, 0.2) is 24.3 Å². The molecule has 86 valence electrons. The van der Waals surface area contributed by atoms with Gasteiger partial charge in [0.1, 0.15) is 5.60 Å². The first-order chi connectivity index (χ1) is 7.58. The van der Waals surface area contributed by atoms with Gasteiger partial charge in [-0.2, -0.15) is 0 Å². The van der Waals surface area contributed by atoms with Gasteiger partial charge < -0.3 is 9.47 Å². The van der Waals surface area contributed by atoms with E-state index in [1.54, 1.807) is 19.1 Å². The SMILES string of the molecule is CCOC(=O)[C@H]1O[C@]1(C)c1ccc(Cl)cc1. The Morgan fingerprint density at radius 1 is 1.50 bits per heavy atom. The minimum Gasteiger partial charge on any atom is -0.464 e. The van der Waals surface area contributed by atoms with Crippen LogP contribution in [-0.4, -0.2) is 18.7 Å². The topological polar surface area (TPSA) is 38.8 Å². The molecule has 1 aromatic rings. The number of halogens is 1. The largest absolute Gasteiger partial charge is 0.464 e. The number of epoxide rings is 1. The number of benzene rings is 1. The third-order valence-electron chi connectivity index (χ3n) is 2.72. The summed E-state index contributed by atoms with van der Waals surface area (Å²) in [5.74, 6) is -0.306. The van der Waals surface area contributed by atoms with E-state index in [0.717, 1.165) is 5.56 Å². The van der Waals surface area contributed by atoms with Crippen LogP contribution in [0.1, 0.15) is 19.4 Å². The smallest absolute Gasteiger partial charge is 0.338 e. The van der Waals surface area contributed by atoms with Gasteiger partial charge in [0.05, 0.1) is 6.61 Å². The first kappa shape index (κ1) is 11.4. The van der Waals surface area contributed by atoms with Crippen LogP contribution in [0.25, 0.3) is 0 Å². The number of esters is 1. The van der Waals surface area contributed by atoms with E-state index in [1.807, 2.05) is 19.1 Å². The molecule has 4 heteroatoms. The Morgan fingerprint density at radius 3 is 2.69 bits per heavy atom. The molecule has 0 amide bonds. The molecule has 1 heterocycles. The van der Waals surface area contributed by atoms with Gasteiger partial charge in [0, 0.05) is 5.02 Å². The van der Waals surface area contributed by atoms with Crippen molar-refractivity contribution in [1.82, 2.24) is 0 Å². The third-order valence-corrected chi connectivity index (χ3v) is 2.98. The summed E-state index contributed by atoms with van der Waals surface area (Å²) in [5, 5.41) is 0.667. The van der Waals surface area contributed by atoms with Crippen LogP contribution in [0, 0.1) is 0 Å². The quantitative estimate of drug-likeness (QED) is 0.602. The average molecular weight is 241 g/mol. The van der Waals surface area contributed by atoms with Gasteiger partial charge in [-0.05, 0) is 31.5 Å². The van der Waals surface area contributed by atoms with Crippen LogP contribution in [0.5, 0.6) is 0 Å². The molecular weight excluding hydrogens is 228 g/mol. The summed E-state index contributed by atoms with van der Waals surface area (Å²) in [6.07, 6.45) is -0.492. The van der Waals surface area contributed by atoms with Gasteiger partial charge >= 0.3 is 5.97 Å². The number of hydrogen-bond acceptors (Lipinski definition) is 3. The number of rotatable bonds is 3. The first-order valence-corrected chi connectivity index (χ1v) is 5.56. The Morgan fingerprint density at radius 2 is 2.12 bits per heavy atom. The number of hydrogen-bond donors (Lipinski definition) is 0.